The number of rotatable bonds is 5. The molecule has 0 aliphatic carbocycles. The molecule has 3 nitrogen and oxygen atoms in total. The van der Waals surface area contributed by atoms with Gasteiger partial charge in [0.05, 0.1) is 0 Å². The van der Waals surface area contributed by atoms with Crippen LogP contribution >= 0.6 is 0 Å². The Kier molecular flexibility index (Phi) is 4.63. The summed E-state index contributed by atoms with van der Waals surface area (Å²) >= 11 is 0. The second-order valence-corrected chi connectivity index (χ2v) is 4.36. The van der Waals surface area contributed by atoms with Crippen LogP contribution in [0.1, 0.15) is 25.5 Å². The molecule has 0 saturated carbocycles. The molecule has 0 spiro atoms. The molecule has 20 heavy (non-hydrogen) atoms. The lowest BCUT2D eigenvalue weighted by Gasteiger charge is -2.13. The number of benzene rings is 1. The molecule has 1 aromatic heterocycles. The van der Waals surface area contributed by atoms with Crippen molar-refractivity contribution in [1.29, 1.82) is 0 Å². The molecule has 1 aromatic carbocycles. The molecule has 0 radical (unpaired) electrons. The van der Waals surface area contributed by atoms with E-state index in [2.05, 4.69) is 10.3 Å². The molecule has 0 aliphatic rings. The lowest BCUT2D eigenvalue weighted by atomic mass is 10.1. The van der Waals surface area contributed by atoms with E-state index in [0.29, 0.717) is 0 Å². The number of nitrogens with one attached hydrogen (secondary N) is 1. The lowest BCUT2D eigenvalue weighted by Crippen LogP contribution is -2.17. The molecule has 2 rings (SSSR count). The predicted octanol–water partition coefficient (Wildman–Crippen LogP) is 3.82. The molecule has 1 atom stereocenters. The molecular formula is C15H16F2N2O. The summed E-state index contributed by atoms with van der Waals surface area (Å²) in [6, 6.07) is 7.47. The number of hydrogen-bond donors (Lipinski definition) is 1. The SMILES string of the molecule is CCNC(C)c1ccnc(Oc2cccc(F)c2F)c1. The van der Waals surface area contributed by atoms with Crippen LogP contribution in [-0.4, -0.2) is 11.5 Å². The number of ether oxygens (including phenoxy) is 1. The standard InChI is InChI=1S/C15H16F2N2O/c1-3-18-10(2)11-7-8-19-14(9-11)20-13-6-4-5-12(16)15(13)17/h4-10,18H,3H2,1-2H3. The maximum atomic E-state index is 13.5. The molecule has 1 heterocycles. The van der Waals surface area contributed by atoms with Gasteiger partial charge in [0.25, 0.3) is 0 Å². The van der Waals surface area contributed by atoms with Crippen LogP contribution in [-0.2, 0) is 0 Å². The first-order valence-corrected chi connectivity index (χ1v) is 6.43. The number of nitrogens with zero attached hydrogens (tertiary/aromatic N) is 1. The molecule has 1 N–H and O–H groups in total. The smallest absolute Gasteiger partial charge is 0.219 e. The van der Waals surface area contributed by atoms with Crippen molar-refractivity contribution >= 4 is 0 Å². The van der Waals surface area contributed by atoms with Gasteiger partial charge in [0.1, 0.15) is 0 Å². The van der Waals surface area contributed by atoms with Crippen molar-refractivity contribution in [3.8, 4) is 11.6 Å². The number of hydrogen-bond acceptors (Lipinski definition) is 3. The van der Waals surface area contributed by atoms with E-state index < -0.39 is 11.6 Å². The van der Waals surface area contributed by atoms with E-state index in [-0.39, 0.29) is 17.7 Å². The van der Waals surface area contributed by atoms with E-state index in [9.17, 15) is 8.78 Å². The van der Waals surface area contributed by atoms with Crippen molar-refractivity contribution in [2.45, 2.75) is 19.9 Å². The van der Waals surface area contributed by atoms with Crippen LogP contribution in [0.25, 0.3) is 0 Å². The number of pyridine rings is 1. The van der Waals surface area contributed by atoms with E-state index in [1.807, 2.05) is 19.9 Å². The largest absolute Gasteiger partial charge is 0.436 e. The van der Waals surface area contributed by atoms with Gasteiger partial charge in [0, 0.05) is 18.3 Å². The number of aromatic nitrogens is 1. The van der Waals surface area contributed by atoms with Crippen LogP contribution in [0.5, 0.6) is 11.6 Å². The van der Waals surface area contributed by atoms with Crippen molar-refractivity contribution in [3.05, 3.63) is 53.7 Å². The Balaban J connectivity index is 2.21. The maximum absolute atomic E-state index is 13.5. The first-order valence-electron chi connectivity index (χ1n) is 6.43. The van der Waals surface area contributed by atoms with Gasteiger partial charge >= 0.3 is 0 Å². The Bertz CT molecular complexity index is 590. The summed E-state index contributed by atoms with van der Waals surface area (Å²) in [7, 11) is 0. The van der Waals surface area contributed by atoms with Crippen LogP contribution in [0.3, 0.4) is 0 Å². The van der Waals surface area contributed by atoms with Gasteiger partial charge in [-0.15, -0.1) is 0 Å². The van der Waals surface area contributed by atoms with Crippen LogP contribution in [0.2, 0.25) is 0 Å². The van der Waals surface area contributed by atoms with E-state index in [4.69, 9.17) is 4.74 Å². The Morgan fingerprint density at radius 1 is 1.30 bits per heavy atom. The third kappa shape index (κ3) is 3.30. The highest BCUT2D eigenvalue weighted by Crippen LogP contribution is 2.26. The zero-order valence-electron chi connectivity index (χ0n) is 11.4. The van der Waals surface area contributed by atoms with E-state index >= 15 is 0 Å². The minimum absolute atomic E-state index is 0.128. The summed E-state index contributed by atoms with van der Waals surface area (Å²) in [6.45, 7) is 4.85. The summed E-state index contributed by atoms with van der Waals surface area (Å²) in [5.41, 5.74) is 0.966. The molecular weight excluding hydrogens is 262 g/mol. The molecule has 1 unspecified atom stereocenters. The topological polar surface area (TPSA) is 34.2 Å². The van der Waals surface area contributed by atoms with Crippen LogP contribution in [0, 0.1) is 11.6 Å². The van der Waals surface area contributed by atoms with Gasteiger partial charge in [-0.25, -0.2) is 9.37 Å². The van der Waals surface area contributed by atoms with Gasteiger partial charge < -0.3 is 10.1 Å². The van der Waals surface area contributed by atoms with Gasteiger partial charge in [0.2, 0.25) is 11.7 Å². The Labute approximate surface area is 116 Å². The van der Waals surface area contributed by atoms with Gasteiger partial charge in [-0.1, -0.05) is 13.0 Å². The fraction of sp³-hybridized carbons (Fsp3) is 0.267. The fourth-order valence-electron chi connectivity index (χ4n) is 1.85. The molecule has 106 valence electrons. The minimum Gasteiger partial charge on any atom is -0.436 e. The molecule has 0 saturated heterocycles. The lowest BCUT2D eigenvalue weighted by molar-refractivity contribution is 0.404. The second kappa shape index (κ2) is 6.43. The van der Waals surface area contributed by atoms with Crippen molar-refractivity contribution in [2.75, 3.05) is 6.54 Å². The van der Waals surface area contributed by atoms with E-state index in [0.717, 1.165) is 18.2 Å². The Hall–Kier alpha value is -2.01. The van der Waals surface area contributed by atoms with Crippen molar-refractivity contribution in [1.82, 2.24) is 10.3 Å². The average Bonchev–Trinajstić information content (AvgIpc) is 2.44. The third-order valence-electron chi connectivity index (χ3n) is 2.90. The third-order valence-corrected chi connectivity index (χ3v) is 2.90. The van der Waals surface area contributed by atoms with Crippen LogP contribution < -0.4 is 10.1 Å². The molecule has 0 aliphatic heterocycles. The monoisotopic (exact) mass is 278 g/mol. The highest BCUT2D eigenvalue weighted by atomic mass is 19.2. The Morgan fingerprint density at radius 2 is 2.10 bits per heavy atom. The van der Waals surface area contributed by atoms with E-state index in [1.54, 1.807) is 12.3 Å². The zero-order valence-corrected chi connectivity index (χ0v) is 11.4. The summed E-state index contributed by atoms with van der Waals surface area (Å²) in [5, 5.41) is 3.26. The first-order chi connectivity index (χ1) is 9.61. The quantitative estimate of drug-likeness (QED) is 0.902. The highest BCUT2D eigenvalue weighted by molar-refractivity contribution is 5.31. The van der Waals surface area contributed by atoms with E-state index in [1.165, 1.54) is 12.1 Å². The average molecular weight is 278 g/mol. The summed E-state index contributed by atoms with van der Waals surface area (Å²) in [5.74, 6) is -1.90. The molecule has 0 fully saturated rings. The fourth-order valence-corrected chi connectivity index (χ4v) is 1.85. The van der Waals surface area contributed by atoms with Crippen molar-refractivity contribution in [2.24, 2.45) is 0 Å². The summed E-state index contributed by atoms with van der Waals surface area (Å²) < 4.78 is 31.9. The minimum atomic E-state index is -1.01. The van der Waals surface area contributed by atoms with Gasteiger partial charge in [-0.3, -0.25) is 0 Å². The zero-order chi connectivity index (χ0) is 14.5. The normalized spacial score (nSPS) is 12.2. The molecule has 5 heteroatoms. The maximum Gasteiger partial charge on any atom is 0.219 e. The van der Waals surface area contributed by atoms with Crippen molar-refractivity contribution in [3.63, 3.8) is 0 Å². The Morgan fingerprint density at radius 3 is 2.85 bits per heavy atom. The highest BCUT2D eigenvalue weighted by Gasteiger charge is 2.11. The molecule has 0 amide bonds. The number of halogens is 2. The van der Waals surface area contributed by atoms with Gasteiger partial charge in [-0.05, 0) is 37.2 Å². The summed E-state index contributed by atoms with van der Waals surface area (Å²) in [6.07, 6.45) is 1.58. The van der Waals surface area contributed by atoms with Crippen LogP contribution in [0.4, 0.5) is 8.78 Å². The molecule has 0 bridgehead atoms. The second-order valence-electron chi connectivity index (χ2n) is 4.36. The van der Waals surface area contributed by atoms with Crippen molar-refractivity contribution < 1.29 is 13.5 Å². The predicted molar refractivity (Wildman–Crippen MR) is 72.8 cm³/mol. The van der Waals surface area contributed by atoms with Gasteiger partial charge in [-0.2, -0.15) is 4.39 Å². The van der Waals surface area contributed by atoms with Crippen LogP contribution in [0.15, 0.2) is 36.5 Å². The molecule has 2 aromatic rings. The summed E-state index contributed by atoms with van der Waals surface area (Å²) in [4.78, 5) is 4.01. The first kappa shape index (κ1) is 14.4. The van der Waals surface area contributed by atoms with Gasteiger partial charge in [0.15, 0.2) is 11.6 Å².